The van der Waals surface area contributed by atoms with E-state index < -0.39 is 4.33 Å². The van der Waals surface area contributed by atoms with Gasteiger partial charge in [0.05, 0.1) is 5.39 Å². The molecule has 2 aliphatic carbocycles. The van der Waals surface area contributed by atoms with Crippen LogP contribution in [0.25, 0.3) is 10.2 Å². The van der Waals surface area contributed by atoms with Gasteiger partial charge in [0, 0.05) is 23.1 Å². The van der Waals surface area contributed by atoms with Gasteiger partial charge in [-0.2, -0.15) is 0 Å². The quantitative estimate of drug-likeness (QED) is 0.434. The molecule has 3 nitrogen and oxygen atoms in total. The van der Waals surface area contributed by atoms with Crippen LogP contribution in [0.5, 0.6) is 0 Å². The molecule has 0 N–H and O–H groups in total. The summed E-state index contributed by atoms with van der Waals surface area (Å²) in [5.41, 5.74) is 1.38. The summed E-state index contributed by atoms with van der Waals surface area (Å²) in [6.45, 7) is 2.65. The summed E-state index contributed by atoms with van der Waals surface area (Å²) in [5, 5.41) is 1.67. The average Bonchev–Trinajstić information content (AvgIpc) is 2.97. The second kappa shape index (κ2) is 5.94. The Balaban J connectivity index is 1.74. The average molecular weight is 389 g/mol. The monoisotopic (exact) mass is 388 g/mol. The van der Waals surface area contributed by atoms with Crippen LogP contribution in [0.3, 0.4) is 0 Å². The van der Waals surface area contributed by atoms with Gasteiger partial charge in [-0.15, -0.1) is 34.5 Å². The largest absolute Gasteiger partial charge is 0.287 e. The number of rotatable bonds is 4. The number of aromatic nitrogens is 2. The Morgan fingerprint density at radius 1 is 1.39 bits per heavy atom. The first kappa shape index (κ1) is 16.2. The lowest BCUT2D eigenvalue weighted by atomic mass is 9.97. The topological polar surface area (TPSA) is 34.9 Å². The van der Waals surface area contributed by atoms with Crippen LogP contribution in [0.15, 0.2) is 9.95 Å². The number of nitrogens with zero attached hydrogens (tertiary/aromatic N) is 2. The van der Waals surface area contributed by atoms with Gasteiger partial charge in [0.1, 0.15) is 9.16 Å². The molecule has 7 heteroatoms. The zero-order chi connectivity index (χ0) is 16.2. The van der Waals surface area contributed by atoms with Crippen molar-refractivity contribution in [3.63, 3.8) is 0 Å². The molecular weight excluding hydrogens is 371 g/mol. The lowest BCUT2D eigenvalue weighted by molar-refractivity contribution is 0.633. The van der Waals surface area contributed by atoms with E-state index in [1.165, 1.54) is 23.3 Å². The normalized spacial score (nSPS) is 22.3. The molecule has 0 aromatic carbocycles. The van der Waals surface area contributed by atoms with Crippen LogP contribution < -0.4 is 5.56 Å². The summed E-state index contributed by atoms with van der Waals surface area (Å²) in [6.07, 6.45) is 5.34. The molecule has 23 heavy (non-hydrogen) atoms. The molecule has 124 valence electrons. The van der Waals surface area contributed by atoms with Crippen molar-refractivity contribution in [2.45, 2.75) is 55.1 Å². The predicted molar refractivity (Wildman–Crippen MR) is 99.5 cm³/mol. The third-order valence-electron chi connectivity index (χ3n) is 4.73. The van der Waals surface area contributed by atoms with Crippen molar-refractivity contribution in [2.75, 3.05) is 5.75 Å². The molecular formula is C16H18Cl2N2OS2. The van der Waals surface area contributed by atoms with Gasteiger partial charge in [-0.3, -0.25) is 9.36 Å². The molecule has 1 fully saturated rings. The van der Waals surface area contributed by atoms with Gasteiger partial charge >= 0.3 is 0 Å². The van der Waals surface area contributed by atoms with Crippen LogP contribution in [0.1, 0.15) is 36.6 Å². The highest BCUT2D eigenvalue weighted by Gasteiger charge is 2.51. The summed E-state index contributed by atoms with van der Waals surface area (Å²) in [5.74, 6) is 1.11. The van der Waals surface area contributed by atoms with Crippen LogP contribution in [0.4, 0.5) is 0 Å². The van der Waals surface area contributed by atoms with Crippen LogP contribution in [0.2, 0.25) is 0 Å². The molecule has 0 bridgehead atoms. The summed E-state index contributed by atoms with van der Waals surface area (Å²) in [6, 6.07) is 0. The minimum absolute atomic E-state index is 0.123. The number of thiophene rings is 1. The summed E-state index contributed by atoms with van der Waals surface area (Å²) in [4.78, 5) is 20.1. The highest BCUT2D eigenvalue weighted by Crippen LogP contribution is 2.54. The van der Waals surface area contributed by atoms with E-state index in [9.17, 15) is 4.79 Å². The van der Waals surface area contributed by atoms with Crippen molar-refractivity contribution >= 4 is 56.5 Å². The first-order valence-electron chi connectivity index (χ1n) is 8.07. The molecule has 0 amide bonds. The third-order valence-corrected chi connectivity index (χ3v) is 7.98. The third kappa shape index (κ3) is 2.84. The molecule has 2 aliphatic rings. The molecule has 2 heterocycles. The highest BCUT2D eigenvalue weighted by molar-refractivity contribution is 7.99. The standard InChI is InChI=1S/C16H18Cl2N2OS2/c1-2-20-14(21)12-10-5-3-4-6-11(10)23-13(12)19-15(20)22-8-9-7-16(9,17)18/h9H,2-8H2,1H3/t9-/m0/s1. The molecule has 2 aromatic heterocycles. The first-order chi connectivity index (χ1) is 11.0. The number of hydrogen-bond acceptors (Lipinski definition) is 4. The van der Waals surface area contributed by atoms with Crippen molar-refractivity contribution in [3.05, 3.63) is 20.8 Å². The maximum atomic E-state index is 13.0. The van der Waals surface area contributed by atoms with E-state index >= 15 is 0 Å². The molecule has 1 saturated carbocycles. The first-order valence-corrected chi connectivity index (χ1v) is 10.6. The van der Waals surface area contributed by atoms with Crippen molar-refractivity contribution in [1.82, 2.24) is 9.55 Å². The Labute approximate surface area is 153 Å². The molecule has 0 unspecified atom stereocenters. The lowest BCUT2D eigenvalue weighted by Gasteiger charge is -2.12. The number of alkyl halides is 2. The number of thioether (sulfide) groups is 1. The van der Waals surface area contributed by atoms with Gasteiger partial charge in [-0.1, -0.05) is 11.8 Å². The Bertz CT molecular complexity index is 828. The zero-order valence-electron chi connectivity index (χ0n) is 12.9. The fourth-order valence-corrected chi connectivity index (χ4v) is 6.53. The molecule has 4 rings (SSSR count). The molecule has 0 saturated heterocycles. The van der Waals surface area contributed by atoms with E-state index in [2.05, 4.69) is 0 Å². The van der Waals surface area contributed by atoms with E-state index in [1.807, 2.05) is 6.92 Å². The Hall–Kier alpha value is -0.230. The molecule has 0 spiro atoms. The van der Waals surface area contributed by atoms with Gasteiger partial charge in [-0.25, -0.2) is 4.98 Å². The second-order valence-electron chi connectivity index (χ2n) is 6.31. The van der Waals surface area contributed by atoms with Gasteiger partial charge < -0.3 is 0 Å². The zero-order valence-corrected chi connectivity index (χ0v) is 16.0. The Kier molecular flexibility index (Phi) is 4.20. The van der Waals surface area contributed by atoms with Gasteiger partial charge in [-0.05, 0) is 44.6 Å². The van der Waals surface area contributed by atoms with Gasteiger partial charge in [0.15, 0.2) is 5.16 Å². The van der Waals surface area contributed by atoms with Crippen LogP contribution in [-0.2, 0) is 19.4 Å². The van der Waals surface area contributed by atoms with E-state index in [0.29, 0.717) is 12.5 Å². The highest BCUT2D eigenvalue weighted by atomic mass is 35.5. The van der Waals surface area contributed by atoms with E-state index in [4.69, 9.17) is 28.2 Å². The smallest absolute Gasteiger partial charge is 0.263 e. The number of fused-ring (bicyclic) bond motifs is 3. The van der Waals surface area contributed by atoms with Crippen molar-refractivity contribution in [2.24, 2.45) is 5.92 Å². The maximum absolute atomic E-state index is 13.0. The molecule has 1 atom stereocenters. The number of halogens is 2. The van der Waals surface area contributed by atoms with E-state index in [-0.39, 0.29) is 5.56 Å². The van der Waals surface area contributed by atoms with Crippen LogP contribution >= 0.6 is 46.3 Å². The predicted octanol–water partition coefficient (Wildman–Crippen LogP) is 4.64. The fourth-order valence-electron chi connectivity index (χ4n) is 3.23. The summed E-state index contributed by atoms with van der Waals surface area (Å²) < 4.78 is 1.23. The molecule has 0 aliphatic heterocycles. The number of aryl methyl sites for hydroxylation is 2. The summed E-state index contributed by atoms with van der Waals surface area (Å²) >= 11 is 15.5. The Morgan fingerprint density at radius 2 is 2.13 bits per heavy atom. The minimum atomic E-state index is -0.573. The molecule has 2 aromatic rings. The Morgan fingerprint density at radius 3 is 2.83 bits per heavy atom. The van der Waals surface area contributed by atoms with Gasteiger partial charge in [0.25, 0.3) is 5.56 Å². The van der Waals surface area contributed by atoms with Crippen LogP contribution in [0, 0.1) is 5.92 Å². The van der Waals surface area contributed by atoms with Crippen LogP contribution in [-0.4, -0.2) is 19.6 Å². The minimum Gasteiger partial charge on any atom is -0.287 e. The number of hydrogen-bond donors (Lipinski definition) is 0. The van der Waals surface area contributed by atoms with Crippen molar-refractivity contribution < 1.29 is 0 Å². The van der Waals surface area contributed by atoms with Crippen molar-refractivity contribution in [1.29, 1.82) is 0 Å². The van der Waals surface area contributed by atoms with E-state index in [0.717, 1.165) is 40.4 Å². The van der Waals surface area contributed by atoms with Gasteiger partial charge in [0.2, 0.25) is 0 Å². The fraction of sp³-hybridized carbons (Fsp3) is 0.625. The SMILES string of the molecule is CCn1c(SC[C@@H]2CC2(Cl)Cl)nc2sc3c(c2c1=O)CCCC3. The summed E-state index contributed by atoms with van der Waals surface area (Å²) in [7, 11) is 0. The second-order valence-corrected chi connectivity index (χ2v) is 9.92. The molecule has 0 radical (unpaired) electrons. The van der Waals surface area contributed by atoms with Crippen molar-refractivity contribution in [3.8, 4) is 0 Å². The lowest BCUT2D eigenvalue weighted by Crippen LogP contribution is -2.23. The van der Waals surface area contributed by atoms with E-state index in [1.54, 1.807) is 27.7 Å². The maximum Gasteiger partial charge on any atom is 0.263 e.